The maximum Gasteiger partial charge on any atom is 0.411 e. The fourth-order valence-corrected chi connectivity index (χ4v) is 2.77. The molecule has 0 heterocycles. The zero-order chi connectivity index (χ0) is 14.7. The van der Waals surface area contributed by atoms with Crippen molar-refractivity contribution in [1.82, 2.24) is 0 Å². The Morgan fingerprint density at radius 3 is 2.32 bits per heavy atom. The van der Waals surface area contributed by atoms with Crippen molar-refractivity contribution < 1.29 is 23.0 Å². The summed E-state index contributed by atoms with van der Waals surface area (Å²) < 4.78 is 40.5. The van der Waals surface area contributed by atoms with E-state index in [1.807, 2.05) is 0 Å². The molecule has 5 heteroatoms. The number of hydrogen-bond acceptors (Lipinski definition) is 2. The van der Waals surface area contributed by atoms with E-state index in [0.717, 1.165) is 19.3 Å². The molecule has 2 nitrogen and oxygen atoms in total. The molecule has 1 fully saturated rings. The van der Waals surface area contributed by atoms with Crippen LogP contribution in [0.1, 0.15) is 46.5 Å². The maximum absolute atomic E-state index is 11.9. The molecule has 0 spiro atoms. The molecule has 19 heavy (non-hydrogen) atoms. The van der Waals surface area contributed by atoms with Gasteiger partial charge in [-0.05, 0) is 42.9 Å². The quantitative estimate of drug-likeness (QED) is 0.795. The molecule has 1 rings (SSSR count). The molecule has 0 aromatic carbocycles. The van der Waals surface area contributed by atoms with Crippen molar-refractivity contribution in [2.45, 2.75) is 58.7 Å². The van der Waals surface area contributed by atoms with E-state index in [-0.39, 0.29) is 17.9 Å². The molecule has 1 aliphatic rings. The largest absolute Gasteiger partial charge is 0.411 e. The predicted octanol–water partition coefficient (Wildman–Crippen LogP) is 3.78. The zero-order valence-electron chi connectivity index (χ0n) is 12.0. The molecule has 3 atom stereocenters. The van der Waals surface area contributed by atoms with Gasteiger partial charge in [-0.25, -0.2) is 0 Å². The number of ether oxygens (including phenoxy) is 1. The highest BCUT2D eigenvalue weighted by atomic mass is 19.4. The van der Waals surface area contributed by atoms with E-state index in [9.17, 15) is 18.3 Å². The fraction of sp³-hybridized carbons (Fsp3) is 1.00. The Balaban J connectivity index is 2.35. The van der Waals surface area contributed by atoms with Crippen LogP contribution >= 0.6 is 0 Å². The summed E-state index contributed by atoms with van der Waals surface area (Å²) in [5.74, 6) is 0.578. The van der Waals surface area contributed by atoms with Crippen LogP contribution in [0.4, 0.5) is 13.2 Å². The van der Waals surface area contributed by atoms with Crippen molar-refractivity contribution in [3.8, 4) is 0 Å². The number of alkyl halides is 3. The summed E-state index contributed by atoms with van der Waals surface area (Å²) in [6, 6.07) is 0. The highest BCUT2D eigenvalue weighted by Gasteiger charge is 2.35. The molecule has 0 saturated heterocycles. The second-order valence-electron chi connectivity index (χ2n) is 6.66. The van der Waals surface area contributed by atoms with Gasteiger partial charge in [-0.3, -0.25) is 0 Å². The molecule has 0 radical (unpaired) electrons. The average Bonchev–Trinajstić information content (AvgIpc) is 2.23. The van der Waals surface area contributed by atoms with Gasteiger partial charge in [-0.1, -0.05) is 20.8 Å². The predicted molar refractivity (Wildman–Crippen MR) is 67.8 cm³/mol. The van der Waals surface area contributed by atoms with Gasteiger partial charge < -0.3 is 9.84 Å². The first-order valence-electron chi connectivity index (χ1n) is 6.92. The summed E-state index contributed by atoms with van der Waals surface area (Å²) in [6.07, 6.45) is -1.55. The van der Waals surface area contributed by atoms with Gasteiger partial charge in [-0.2, -0.15) is 13.2 Å². The lowest BCUT2D eigenvalue weighted by Crippen LogP contribution is -2.35. The minimum absolute atomic E-state index is 0.0613. The number of aliphatic hydroxyl groups excluding tert-OH is 1. The minimum atomic E-state index is -4.26. The Bertz CT molecular complexity index is 271. The van der Waals surface area contributed by atoms with Crippen LogP contribution in [-0.4, -0.2) is 30.6 Å². The summed E-state index contributed by atoms with van der Waals surface area (Å²) in [7, 11) is 0. The molecule has 3 unspecified atom stereocenters. The Hall–Kier alpha value is -0.290. The average molecular weight is 282 g/mol. The molecule has 114 valence electrons. The van der Waals surface area contributed by atoms with Crippen molar-refractivity contribution in [3.05, 3.63) is 0 Å². The van der Waals surface area contributed by atoms with E-state index in [0.29, 0.717) is 12.3 Å². The summed E-state index contributed by atoms with van der Waals surface area (Å²) >= 11 is 0. The Labute approximate surface area is 113 Å². The standard InChI is InChI=1S/C14H25F3O2/c1-13(2,3)11-4-5-12(18)10(8-11)6-7-19-9-14(15,16)17/h10-12,18H,4-9H2,1-3H3. The van der Waals surface area contributed by atoms with E-state index in [1.54, 1.807) is 0 Å². The van der Waals surface area contributed by atoms with E-state index < -0.39 is 18.9 Å². The van der Waals surface area contributed by atoms with Crippen molar-refractivity contribution >= 4 is 0 Å². The second kappa shape index (κ2) is 6.44. The number of halogens is 3. The number of rotatable bonds is 4. The summed E-state index contributed by atoms with van der Waals surface area (Å²) in [4.78, 5) is 0. The minimum Gasteiger partial charge on any atom is -0.393 e. The lowest BCUT2D eigenvalue weighted by Gasteiger charge is -2.40. The maximum atomic E-state index is 11.9. The summed E-state index contributed by atoms with van der Waals surface area (Å²) in [5.41, 5.74) is 0.186. The fourth-order valence-electron chi connectivity index (χ4n) is 2.77. The van der Waals surface area contributed by atoms with Crippen LogP contribution in [0.2, 0.25) is 0 Å². The molecule has 1 saturated carbocycles. The highest BCUT2D eigenvalue weighted by Crippen LogP contribution is 2.41. The van der Waals surface area contributed by atoms with Gasteiger partial charge in [0.15, 0.2) is 0 Å². The first-order chi connectivity index (χ1) is 8.59. The SMILES string of the molecule is CC(C)(C)C1CCC(O)C(CCOCC(F)(F)F)C1. The number of aliphatic hydroxyl groups is 1. The van der Waals surface area contributed by atoms with Crippen molar-refractivity contribution in [2.24, 2.45) is 17.3 Å². The molecule has 0 aromatic rings. The van der Waals surface area contributed by atoms with Gasteiger partial charge in [0.05, 0.1) is 6.10 Å². The van der Waals surface area contributed by atoms with Gasteiger partial charge in [0, 0.05) is 6.61 Å². The molecule has 0 aliphatic heterocycles. The van der Waals surface area contributed by atoms with E-state index in [1.165, 1.54) is 0 Å². The van der Waals surface area contributed by atoms with E-state index >= 15 is 0 Å². The topological polar surface area (TPSA) is 29.5 Å². The van der Waals surface area contributed by atoms with Crippen LogP contribution in [-0.2, 0) is 4.74 Å². The van der Waals surface area contributed by atoms with Gasteiger partial charge in [0.2, 0.25) is 0 Å². The van der Waals surface area contributed by atoms with Gasteiger partial charge in [0.1, 0.15) is 6.61 Å². The van der Waals surface area contributed by atoms with E-state index in [2.05, 4.69) is 25.5 Å². The summed E-state index contributed by atoms with van der Waals surface area (Å²) in [6.45, 7) is 5.39. The highest BCUT2D eigenvalue weighted by molar-refractivity contribution is 4.85. The summed E-state index contributed by atoms with van der Waals surface area (Å²) in [5, 5.41) is 9.93. The number of hydrogen-bond donors (Lipinski definition) is 1. The van der Waals surface area contributed by atoms with Gasteiger partial charge in [-0.15, -0.1) is 0 Å². The molecule has 1 aliphatic carbocycles. The molecule has 0 amide bonds. The molecular formula is C14H25F3O2. The Kier molecular flexibility index (Phi) is 5.68. The third-order valence-corrected chi connectivity index (χ3v) is 4.07. The van der Waals surface area contributed by atoms with Gasteiger partial charge in [0.25, 0.3) is 0 Å². The lowest BCUT2D eigenvalue weighted by molar-refractivity contribution is -0.175. The van der Waals surface area contributed by atoms with Crippen LogP contribution in [0.25, 0.3) is 0 Å². The van der Waals surface area contributed by atoms with Gasteiger partial charge >= 0.3 is 6.18 Å². The Morgan fingerprint density at radius 1 is 1.16 bits per heavy atom. The molecule has 0 bridgehead atoms. The second-order valence-corrected chi connectivity index (χ2v) is 6.66. The zero-order valence-corrected chi connectivity index (χ0v) is 12.0. The monoisotopic (exact) mass is 282 g/mol. The van der Waals surface area contributed by atoms with Crippen LogP contribution < -0.4 is 0 Å². The van der Waals surface area contributed by atoms with Crippen LogP contribution in [0.15, 0.2) is 0 Å². The van der Waals surface area contributed by atoms with Crippen molar-refractivity contribution in [2.75, 3.05) is 13.2 Å². The van der Waals surface area contributed by atoms with Crippen molar-refractivity contribution in [3.63, 3.8) is 0 Å². The first-order valence-corrected chi connectivity index (χ1v) is 6.92. The van der Waals surface area contributed by atoms with Crippen LogP contribution in [0, 0.1) is 17.3 Å². The Morgan fingerprint density at radius 2 is 1.79 bits per heavy atom. The normalized spacial score (nSPS) is 29.5. The smallest absolute Gasteiger partial charge is 0.393 e. The van der Waals surface area contributed by atoms with Crippen LogP contribution in [0.3, 0.4) is 0 Å². The molecule has 0 aromatic heterocycles. The first kappa shape index (κ1) is 16.8. The third-order valence-electron chi connectivity index (χ3n) is 4.07. The molecule has 1 N–H and O–H groups in total. The van der Waals surface area contributed by atoms with Crippen molar-refractivity contribution in [1.29, 1.82) is 0 Å². The lowest BCUT2D eigenvalue weighted by atomic mass is 9.67. The van der Waals surface area contributed by atoms with Crippen LogP contribution in [0.5, 0.6) is 0 Å². The molecular weight excluding hydrogens is 257 g/mol. The van der Waals surface area contributed by atoms with E-state index in [4.69, 9.17) is 0 Å². The third kappa shape index (κ3) is 6.13.